The fourth-order valence-corrected chi connectivity index (χ4v) is 2.93. The quantitative estimate of drug-likeness (QED) is 0.530. The maximum atomic E-state index is 12.2. The Bertz CT molecular complexity index is 777. The molecule has 2 aromatic rings. The van der Waals surface area contributed by atoms with Crippen molar-refractivity contribution in [2.24, 2.45) is 0 Å². The lowest BCUT2D eigenvalue weighted by atomic mass is 10.3. The first-order valence-corrected chi connectivity index (χ1v) is 8.81. The second-order valence-electron chi connectivity index (χ2n) is 5.37. The predicted molar refractivity (Wildman–Crippen MR) is 100 cm³/mol. The fraction of sp³-hybridized carbons (Fsp3) is 0.294. The summed E-state index contributed by atoms with van der Waals surface area (Å²) in [4.78, 5) is 25.7. The van der Waals surface area contributed by atoms with Gasteiger partial charge < -0.3 is 19.5 Å². The topological polar surface area (TPSA) is 89.4 Å². The third-order valence-electron chi connectivity index (χ3n) is 3.39. The van der Waals surface area contributed by atoms with Gasteiger partial charge in [0, 0.05) is 25.3 Å². The van der Waals surface area contributed by atoms with Crippen molar-refractivity contribution in [1.29, 1.82) is 0 Å². The van der Waals surface area contributed by atoms with Crippen LogP contribution in [-0.4, -0.2) is 57.9 Å². The molecule has 2 rings (SSSR count). The Morgan fingerprint density at radius 3 is 3.00 bits per heavy atom. The van der Waals surface area contributed by atoms with Gasteiger partial charge in [0.05, 0.1) is 19.4 Å². The maximum Gasteiger partial charge on any atom is 0.243 e. The fourth-order valence-electron chi connectivity index (χ4n) is 2.06. The summed E-state index contributed by atoms with van der Waals surface area (Å²) in [5, 5.41) is 11.2. The van der Waals surface area contributed by atoms with Crippen molar-refractivity contribution in [2.75, 3.05) is 31.8 Å². The molecule has 26 heavy (non-hydrogen) atoms. The average molecular weight is 375 g/mol. The second-order valence-corrected chi connectivity index (χ2v) is 6.32. The van der Waals surface area contributed by atoms with Gasteiger partial charge in [-0.3, -0.25) is 9.59 Å². The molecule has 0 atom stereocenters. The van der Waals surface area contributed by atoms with Crippen molar-refractivity contribution in [3.8, 4) is 5.75 Å². The van der Waals surface area contributed by atoms with Crippen LogP contribution in [0.1, 0.15) is 0 Å². The lowest BCUT2D eigenvalue weighted by molar-refractivity contribution is -0.131. The smallest absolute Gasteiger partial charge is 0.243 e. The highest BCUT2D eigenvalue weighted by Gasteiger charge is 2.15. The number of hydrogen-bond donors (Lipinski definition) is 1. The molecule has 0 saturated heterocycles. The normalized spacial score (nSPS) is 10.2. The van der Waals surface area contributed by atoms with Crippen molar-refractivity contribution < 1.29 is 14.3 Å². The molecular formula is C17H21N5O3S. The zero-order valence-electron chi connectivity index (χ0n) is 14.7. The van der Waals surface area contributed by atoms with Gasteiger partial charge in [-0.25, -0.2) is 0 Å². The number of nitrogens with one attached hydrogen (secondary N) is 1. The molecule has 1 heterocycles. The summed E-state index contributed by atoms with van der Waals surface area (Å²) in [6.07, 6.45) is 3.31. The van der Waals surface area contributed by atoms with Crippen molar-refractivity contribution in [3.63, 3.8) is 0 Å². The number of ether oxygens (including phenoxy) is 1. The van der Waals surface area contributed by atoms with E-state index >= 15 is 0 Å². The molecule has 0 spiro atoms. The summed E-state index contributed by atoms with van der Waals surface area (Å²) in [6.45, 7) is 4.19. The maximum absolute atomic E-state index is 12.2. The van der Waals surface area contributed by atoms with Gasteiger partial charge in [-0.15, -0.1) is 16.8 Å². The van der Waals surface area contributed by atoms with Crippen LogP contribution in [0.5, 0.6) is 5.75 Å². The summed E-state index contributed by atoms with van der Waals surface area (Å²) >= 11 is 1.27. The van der Waals surface area contributed by atoms with E-state index < -0.39 is 0 Å². The number of nitrogens with zero attached hydrogens (tertiary/aromatic N) is 4. The predicted octanol–water partition coefficient (Wildman–Crippen LogP) is 1.66. The zero-order valence-corrected chi connectivity index (χ0v) is 15.5. The molecule has 0 radical (unpaired) electrons. The Morgan fingerprint density at radius 2 is 2.27 bits per heavy atom. The number of hydrogen-bond acceptors (Lipinski definition) is 6. The van der Waals surface area contributed by atoms with Crippen molar-refractivity contribution in [3.05, 3.63) is 43.2 Å². The van der Waals surface area contributed by atoms with Gasteiger partial charge in [0.15, 0.2) is 5.16 Å². The van der Waals surface area contributed by atoms with E-state index in [1.54, 1.807) is 55.4 Å². The number of carbonyl (C=O) groups excluding carboxylic acids is 2. The van der Waals surface area contributed by atoms with Crippen LogP contribution in [0.15, 0.2) is 48.4 Å². The number of benzene rings is 1. The largest absolute Gasteiger partial charge is 0.497 e. The summed E-state index contributed by atoms with van der Waals surface area (Å²) in [6, 6.07) is 7.03. The minimum absolute atomic E-state index is 0.0457. The molecule has 138 valence electrons. The van der Waals surface area contributed by atoms with Crippen LogP contribution in [-0.2, 0) is 16.1 Å². The van der Waals surface area contributed by atoms with Gasteiger partial charge in [-0.1, -0.05) is 23.9 Å². The van der Waals surface area contributed by atoms with Gasteiger partial charge in [-0.2, -0.15) is 0 Å². The van der Waals surface area contributed by atoms with E-state index in [2.05, 4.69) is 22.1 Å². The number of aromatic nitrogens is 3. The number of amides is 2. The van der Waals surface area contributed by atoms with Crippen molar-refractivity contribution in [1.82, 2.24) is 19.7 Å². The van der Waals surface area contributed by atoms with E-state index in [0.29, 0.717) is 23.1 Å². The number of methoxy groups -OCH3 is 1. The SMILES string of the molecule is C=CCn1cnnc1SCC(=O)N(C)CC(=O)Nc1cccc(OC)c1. The number of thioether (sulfide) groups is 1. The number of allylic oxidation sites excluding steroid dienone is 1. The van der Waals surface area contributed by atoms with E-state index in [-0.39, 0.29) is 24.1 Å². The number of anilines is 1. The van der Waals surface area contributed by atoms with Crippen molar-refractivity contribution >= 4 is 29.3 Å². The molecule has 2 amide bonds. The first-order chi connectivity index (χ1) is 12.5. The van der Waals surface area contributed by atoms with Gasteiger partial charge in [0.1, 0.15) is 12.1 Å². The molecular weight excluding hydrogens is 354 g/mol. The lowest BCUT2D eigenvalue weighted by Crippen LogP contribution is -2.36. The first-order valence-electron chi connectivity index (χ1n) is 7.83. The Hall–Kier alpha value is -2.81. The molecule has 0 fully saturated rings. The highest BCUT2D eigenvalue weighted by Crippen LogP contribution is 2.17. The minimum Gasteiger partial charge on any atom is -0.497 e. The van der Waals surface area contributed by atoms with Crippen LogP contribution >= 0.6 is 11.8 Å². The first kappa shape index (κ1) is 19.5. The van der Waals surface area contributed by atoms with Crippen LogP contribution < -0.4 is 10.1 Å². The summed E-state index contributed by atoms with van der Waals surface area (Å²) in [5.74, 6) is 0.351. The Kier molecular flexibility index (Phi) is 7.22. The summed E-state index contributed by atoms with van der Waals surface area (Å²) in [7, 11) is 3.14. The molecule has 1 aromatic carbocycles. The molecule has 1 N–H and O–H groups in total. The molecule has 0 aliphatic rings. The number of carbonyl (C=O) groups is 2. The van der Waals surface area contributed by atoms with E-state index in [0.717, 1.165) is 0 Å². The Labute approximate surface area is 156 Å². The lowest BCUT2D eigenvalue weighted by Gasteiger charge is -2.16. The summed E-state index contributed by atoms with van der Waals surface area (Å²) in [5.41, 5.74) is 0.613. The van der Waals surface area contributed by atoms with Crippen molar-refractivity contribution in [2.45, 2.75) is 11.7 Å². The molecule has 0 saturated carbocycles. The minimum atomic E-state index is -0.283. The molecule has 0 aliphatic heterocycles. The van der Waals surface area contributed by atoms with E-state index in [4.69, 9.17) is 4.74 Å². The van der Waals surface area contributed by atoms with Crippen LogP contribution in [0.3, 0.4) is 0 Å². The molecule has 8 nitrogen and oxygen atoms in total. The molecule has 0 unspecified atom stereocenters. The summed E-state index contributed by atoms with van der Waals surface area (Å²) < 4.78 is 6.90. The standard InChI is InChI=1S/C17H21N5O3S/c1-4-8-22-12-18-20-17(22)26-11-16(24)21(2)10-15(23)19-13-6-5-7-14(9-13)25-3/h4-7,9,12H,1,8,10-11H2,2-3H3,(H,19,23). The molecule has 1 aromatic heterocycles. The number of likely N-dealkylation sites (N-methyl/N-ethyl adjacent to an activating group) is 1. The Balaban J connectivity index is 1.82. The monoisotopic (exact) mass is 375 g/mol. The van der Waals surface area contributed by atoms with E-state index in [9.17, 15) is 9.59 Å². The van der Waals surface area contributed by atoms with Crippen LogP contribution in [0.2, 0.25) is 0 Å². The van der Waals surface area contributed by atoms with Gasteiger partial charge in [-0.05, 0) is 12.1 Å². The average Bonchev–Trinajstić information content (AvgIpc) is 3.07. The Morgan fingerprint density at radius 1 is 1.46 bits per heavy atom. The third kappa shape index (κ3) is 5.62. The van der Waals surface area contributed by atoms with E-state index in [1.165, 1.54) is 16.7 Å². The molecule has 0 bridgehead atoms. The van der Waals surface area contributed by atoms with Crippen LogP contribution in [0, 0.1) is 0 Å². The van der Waals surface area contributed by atoms with Crippen LogP contribution in [0.25, 0.3) is 0 Å². The van der Waals surface area contributed by atoms with Gasteiger partial charge in [0.25, 0.3) is 0 Å². The van der Waals surface area contributed by atoms with E-state index in [1.807, 2.05) is 0 Å². The number of rotatable bonds is 9. The third-order valence-corrected chi connectivity index (χ3v) is 4.36. The molecule has 9 heteroatoms. The van der Waals surface area contributed by atoms with Gasteiger partial charge in [0.2, 0.25) is 11.8 Å². The van der Waals surface area contributed by atoms with Crippen LogP contribution in [0.4, 0.5) is 5.69 Å². The molecule has 0 aliphatic carbocycles. The zero-order chi connectivity index (χ0) is 18.9. The highest BCUT2D eigenvalue weighted by molar-refractivity contribution is 7.99. The second kappa shape index (κ2) is 9.62. The van der Waals surface area contributed by atoms with Gasteiger partial charge >= 0.3 is 0 Å². The highest BCUT2D eigenvalue weighted by atomic mass is 32.2.